The lowest BCUT2D eigenvalue weighted by Gasteiger charge is -2.10. The van der Waals surface area contributed by atoms with Crippen molar-refractivity contribution < 1.29 is 4.79 Å². The molecule has 1 N–H and O–H groups in total. The van der Waals surface area contributed by atoms with Crippen molar-refractivity contribution in [3.05, 3.63) is 77.5 Å². The van der Waals surface area contributed by atoms with Crippen molar-refractivity contribution in [2.24, 2.45) is 0 Å². The Morgan fingerprint density at radius 3 is 2.63 bits per heavy atom. The van der Waals surface area contributed by atoms with Crippen LogP contribution in [0.1, 0.15) is 16.7 Å². The summed E-state index contributed by atoms with van der Waals surface area (Å²) >= 11 is 1.57. The SMILES string of the molecule is Cc1ccc(CC(=O)Nc2ccc(-c3nc4cccnc4s3)cc2C)cc1. The monoisotopic (exact) mass is 373 g/mol. The Balaban J connectivity index is 1.51. The first-order valence-corrected chi connectivity index (χ1v) is 9.58. The molecule has 134 valence electrons. The second-order valence-corrected chi connectivity index (χ2v) is 7.56. The minimum Gasteiger partial charge on any atom is -0.326 e. The quantitative estimate of drug-likeness (QED) is 0.538. The number of fused-ring (bicyclic) bond motifs is 1. The molecule has 2 aromatic carbocycles. The van der Waals surface area contributed by atoms with E-state index in [1.54, 1.807) is 17.5 Å². The van der Waals surface area contributed by atoms with E-state index in [-0.39, 0.29) is 5.91 Å². The van der Waals surface area contributed by atoms with E-state index in [1.807, 2.05) is 62.4 Å². The van der Waals surface area contributed by atoms with Crippen molar-refractivity contribution >= 4 is 33.3 Å². The lowest BCUT2D eigenvalue weighted by atomic mass is 10.1. The Bertz CT molecular complexity index is 1080. The van der Waals surface area contributed by atoms with Crippen molar-refractivity contribution in [3.8, 4) is 10.6 Å². The first-order chi connectivity index (χ1) is 13.1. The molecular weight excluding hydrogens is 354 g/mol. The number of carbonyl (C=O) groups excluding carboxylic acids is 1. The highest BCUT2D eigenvalue weighted by atomic mass is 32.1. The Hall–Kier alpha value is -3.05. The van der Waals surface area contributed by atoms with E-state index >= 15 is 0 Å². The zero-order valence-electron chi connectivity index (χ0n) is 15.2. The van der Waals surface area contributed by atoms with Gasteiger partial charge in [0.05, 0.1) is 6.42 Å². The summed E-state index contributed by atoms with van der Waals surface area (Å²) in [7, 11) is 0. The number of nitrogens with zero attached hydrogens (tertiary/aromatic N) is 2. The Morgan fingerprint density at radius 2 is 1.89 bits per heavy atom. The van der Waals surface area contributed by atoms with Crippen LogP contribution in [0.5, 0.6) is 0 Å². The molecule has 0 atom stereocenters. The lowest BCUT2D eigenvalue weighted by molar-refractivity contribution is -0.115. The molecule has 0 aliphatic carbocycles. The molecule has 27 heavy (non-hydrogen) atoms. The second-order valence-electron chi connectivity index (χ2n) is 6.59. The van der Waals surface area contributed by atoms with E-state index in [0.717, 1.165) is 37.7 Å². The van der Waals surface area contributed by atoms with Gasteiger partial charge in [-0.15, -0.1) is 0 Å². The number of hydrogen-bond donors (Lipinski definition) is 1. The first-order valence-electron chi connectivity index (χ1n) is 8.76. The minimum absolute atomic E-state index is 0.0149. The number of thiazole rings is 1. The van der Waals surface area contributed by atoms with Gasteiger partial charge in [-0.05, 0) is 55.3 Å². The van der Waals surface area contributed by atoms with Crippen LogP contribution in [-0.4, -0.2) is 15.9 Å². The van der Waals surface area contributed by atoms with Gasteiger partial charge in [0, 0.05) is 17.4 Å². The average molecular weight is 373 g/mol. The van der Waals surface area contributed by atoms with Crippen molar-refractivity contribution in [3.63, 3.8) is 0 Å². The maximum absolute atomic E-state index is 12.4. The normalized spacial score (nSPS) is 10.9. The maximum atomic E-state index is 12.4. The van der Waals surface area contributed by atoms with Gasteiger partial charge in [-0.3, -0.25) is 4.79 Å². The summed E-state index contributed by atoms with van der Waals surface area (Å²) in [4.78, 5) is 22.3. The van der Waals surface area contributed by atoms with Gasteiger partial charge in [-0.1, -0.05) is 41.2 Å². The number of nitrogens with one attached hydrogen (secondary N) is 1. The number of benzene rings is 2. The third kappa shape index (κ3) is 3.88. The van der Waals surface area contributed by atoms with Crippen LogP contribution in [0.4, 0.5) is 5.69 Å². The molecule has 0 spiro atoms. The predicted octanol–water partition coefficient (Wildman–Crippen LogP) is 5.16. The third-order valence-corrected chi connectivity index (χ3v) is 5.43. The van der Waals surface area contributed by atoms with E-state index in [0.29, 0.717) is 6.42 Å². The summed E-state index contributed by atoms with van der Waals surface area (Å²) in [5.74, 6) is -0.0149. The highest BCUT2D eigenvalue weighted by Crippen LogP contribution is 2.31. The standard InChI is InChI=1S/C22H19N3OS/c1-14-5-7-16(8-6-14)13-20(26)24-18-10-9-17(12-15(18)2)21-25-19-4-3-11-23-22(19)27-21/h3-12H,13H2,1-2H3,(H,24,26). The molecule has 0 aliphatic heterocycles. The molecule has 2 aromatic heterocycles. The fourth-order valence-electron chi connectivity index (χ4n) is 2.92. The molecule has 0 unspecified atom stereocenters. The van der Waals surface area contributed by atoms with Gasteiger partial charge in [0.1, 0.15) is 15.4 Å². The number of carbonyl (C=O) groups is 1. The maximum Gasteiger partial charge on any atom is 0.228 e. The van der Waals surface area contributed by atoms with Crippen molar-refractivity contribution in [1.29, 1.82) is 0 Å². The minimum atomic E-state index is -0.0149. The molecule has 0 saturated carbocycles. The van der Waals surface area contributed by atoms with Gasteiger partial charge < -0.3 is 5.32 Å². The summed E-state index contributed by atoms with van der Waals surface area (Å²) < 4.78 is 0. The number of aryl methyl sites for hydroxylation is 2. The number of rotatable bonds is 4. The Kier molecular flexibility index (Phi) is 4.69. The van der Waals surface area contributed by atoms with Gasteiger partial charge in [0.15, 0.2) is 0 Å². The molecule has 0 fully saturated rings. The van der Waals surface area contributed by atoms with Gasteiger partial charge in [0.25, 0.3) is 0 Å². The highest BCUT2D eigenvalue weighted by molar-refractivity contribution is 7.21. The predicted molar refractivity (Wildman–Crippen MR) is 111 cm³/mol. The van der Waals surface area contributed by atoms with E-state index in [9.17, 15) is 4.79 Å². The smallest absolute Gasteiger partial charge is 0.228 e. The van der Waals surface area contributed by atoms with E-state index < -0.39 is 0 Å². The number of hydrogen-bond acceptors (Lipinski definition) is 4. The van der Waals surface area contributed by atoms with E-state index in [2.05, 4.69) is 21.4 Å². The topological polar surface area (TPSA) is 54.9 Å². The molecule has 4 aromatic rings. The molecule has 0 aliphatic rings. The fraction of sp³-hybridized carbons (Fsp3) is 0.136. The molecule has 4 nitrogen and oxygen atoms in total. The summed E-state index contributed by atoms with van der Waals surface area (Å²) in [5, 5.41) is 3.94. The fourth-order valence-corrected chi connectivity index (χ4v) is 3.82. The molecule has 0 radical (unpaired) electrons. The van der Waals surface area contributed by atoms with Crippen molar-refractivity contribution in [2.75, 3.05) is 5.32 Å². The molecule has 2 heterocycles. The second kappa shape index (κ2) is 7.29. The van der Waals surface area contributed by atoms with Crippen LogP contribution in [-0.2, 0) is 11.2 Å². The first kappa shape index (κ1) is 17.4. The van der Waals surface area contributed by atoms with Gasteiger partial charge >= 0.3 is 0 Å². The Labute approximate surface area is 161 Å². The van der Waals surface area contributed by atoms with Gasteiger partial charge in [-0.2, -0.15) is 0 Å². The summed E-state index contributed by atoms with van der Waals surface area (Å²) in [6.07, 6.45) is 2.15. The zero-order valence-corrected chi connectivity index (χ0v) is 16.0. The molecule has 0 bridgehead atoms. The molecule has 0 saturated heterocycles. The van der Waals surface area contributed by atoms with Crippen molar-refractivity contribution in [2.45, 2.75) is 20.3 Å². The number of pyridine rings is 1. The summed E-state index contributed by atoms with van der Waals surface area (Å²) in [6.45, 7) is 4.03. The van der Waals surface area contributed by atoms with Crippen LogP contribution < -0.4 is 5.32 Å². The van der Waals surface area contributed by atoms with Gasteiger partial charge in [-0.25, -0.2) is 9.97 Å². The summed E-state index contributed by atoms with van der Waals surface area (Å²) in [5.41, 5.74) is 5.98. The van der Waals surface area contributed by atoms with E-state index in [4.69, 9.17) is 0 Å². The van der Waals surface area contributed by atoms with Crippen LogP contribution in [0.15, 0.2) is 60.8 Å². The van der Waals surface area contributed by atoms with Crippen molar-refractivity contribution in [1.82, 2.24) is 9.97 Å². The Morgan fingerprint density at radius 1 is 1.07 bits per heavy atom. The zero-order chi connectivity index (χ0) is 18.8. The van der Waals surface area contributed by atoms with Gasteiger partial charge in [0.2, 0.25) is 5.91 Å². The number of amides is 1. The molecule has 5 heteroatoms. The summed E-state index contributed by atoms with van der Waals surface area (Å²) in [6, 6.07) is 17.9. The average Bonchev–Trinajstić information content (AvgIpc) is 3.09. The third-order valence-electron chi connectivity index (χ3n) is 4.40. The van der Waals surface area contributed by atoms with Crippen LogP contribution in [0.3, 0.4) is 0 Å². The van der Waals surface area contributed by atoms with E-state index in [1.165, 1.54) is 5.56 Å². The molecular formula is C22H19N3OS. The molecule has 1 amide bonds. The van der Waals surface area contributed by atoms with Crippen LogP contribution >= 0.6 is 11.3 Å². The highest BCUT2D eigenvalue weighted by Gasteiger charge is 2.10. The van der Waals surface area contributed by atoms with Crippen LogP contribution in [0.2, 0.25) is 0 Å². The lowest BCUT2D eigenvalue weighted by Crippen LogP contribution is -2.15. The number of aromatic nitrogens is 2. The van der Waals surface area contributed by atoms with Crippen LogP contribution in [0, 0.1) is 13.8 Å². The largest absolute Gasteiger partial charge is 0.326 e. The van der Waals surface area contributed by atoms with Crippen LogP contribution in [0.25, 0.3) is 20.9 Å². The number of anilines is 1. The molecule has 4 rings (SSSR count).